The quantitative estimate of drug-likeness (QED) is 0.821. The maximum absolute atomic E-state index is 13.0. The molecule has 0 aromatic carbocycles. The molecule has 1 aromatic rings. The third-order valence-electron chi connectivity index (χ3n) is 6.07. The molecule has 3 aliphatic rings. The van der Waals surface area contributed by atoms with Gasteiger partial charge in [-0.3, -0.25) is 4.79 Å². The van der Waals surface area contributed by atoms with Crippen LogP contribution in [0.15, 0.2) is 5.38 Å². The Labute approximate surface area is 148 Å². The van der Waals surface area contributed by atoms with Crippen LogP contribution in [0.25, 0.3) is 0 Å². The smallest absolute Gasteiger partial charge is 0.264 e. The van der Waals surface area contributed by atoms with E-state index in [0.717, 1.165) is 63.1 Å². The van der Waals surface area contributed by atoms with Crippen LogP contribution in [0.5, 0.6) is 0 Å². The highest BCUT2D eigenvalue weighted by Gasteiger charge is 2.45. The van der Waals surface area contributed by atoms with E-state index in [4.69, 9.17) is 9.47 Å². The van der Waals surface area contributed by atoms with Crippen LogP contribution in [0.2, 0.25) is 0 Å². The molecule has 1 aliphatic carbocycles. The molecule has 0 unspecified atom stereocenters. The topological polar surface area (TPSA) is 38.8 Å². The van der Waals surface area contributed by atoms with Gasteiger partial charge in [0.25, 0.3) is 5.91 Å². The fourth-order valence-corrected chi connectivity index (χ4v) is 5.76. The van der Waals surface area contributed by atoms with E-state index in [-0.39, 0.29) is 17.6 Å². The molecule has 1 spiro atoms. The minimum Gasteiger partial charge on any atom is -0.378 e. The molecule has 0 N–H and O–H groups in total. The average molecular weight is 349 g/mol. The molecule has 2 aliphatic heterocycles. The summed E-state index contributed by atoms with van der Waals surface area (Å²) in [7, 11) is 1.79. The van der Waals surface area contributed by atoms with Gasteiger partial charge >= 0.3 is 0 Å². The SMILES string of the molecule is CO[C@@H]1CCCOC12CCN(C(=O)c1scc3c1CCCC3)CC2. The highest BCUT2D eigenvalue weighted by Crippen LogP contribution is 2.38. The first-order valence-corrected chi connectivity index (χ1v) is 10.2. The first kappa shape index (κ1) is 16.6. The number of methoxy groups -OCH3 is 1. The fraction of sp³-hybridized carbons (Fsp3) is 0.737. The van der Waals surface area contributed by atoms with Crippen molar-refractivity contribution in [1.82, 2.24) is 4.90 Å². The maximum atomic E-state index is 13.0. The Kier molecular flexibility index (Phi) is 4.67. The van der Waals surface area contributed by atoms with Gasteiger partial charge in [0, 0.05) is 26.8 Å². The lowest BCUT2D eigenvalue weighted by Gasteiger charge is -2.48. The van der Waals surface area contributed by atoms with E-state index in [1.807, 2.05) is 4.90 Å². The lowest BCUT2D eigenvalue weighted by Crippen LogP contribution is -2.56. The molecular formula is C19H27NO3S. The van der Waals surface area contributed by atoms with Gasteiger partial charge in [-0.15, -0.1) is 11.3 Å². The van der Waals surface area contributed by atoms with E-state index in [1.165, 1.54) is 24.0 Å². The first-order valence-electron chi connectivity index (χ1n) is 9.29. The lowest BCUT2D eigenvalue weighted by molar-refractivity contribution is -0.183. The average Bonchev–Trinajstić information content (AvgIpc) is 3.06. The summed E-state index contributed by atoms with van der Waals surface area (Å²) in [5.74, 6) is 0.239. The Morgan fingerprint density at radius 3 is 2.88 bits per heavy atom. The number of aryl methyl sites for hydroxylation is 1. The molecule has 5 heteroatoms. The molecule has 4 rings (SSSR count). The van der Waals surface area contributed by atoms with Crippen molar-refractivity contribution < 1.29 is 14.3 Å². The Bertz CT molecular complexity index is 604. The van der Waals surface area contributed by atoms with E-state index < -0.39 is 0 Å². The van der Waals surface area contributed by atoms with Crippen molar-refractivity contribution >= 4 is 17.2 Å². The van der Waals surface area contributed by atoms with Gasteiger partial charge in [-0.1, -0.05) is 0 Å². The van der Waals surface area contributed by atoms with Gasteiger partial charge in [0.05, 0.1) is 16.6 Å². The summed E-state index contributed by atoms with van der Waals surface area (Å²) in [6.07, 6.45) is 8.81. The monoisotopic (exact) mass is 349 g/mol. The summed E-state index contributed by atoms with van der Waals surface area (Å²) in [5.41, 5.74) is 2.58. The third-order valence-corrected chi connectivity index (χ3v) is 7.13. The van der Waals surface area contributed by atoms with Crippen LogP contribution < -0.4 is 0 Å². The number of nitrogens with zero attached hydrogens (tertiary/aromatic N) is 1. The summed E-state index contributed by atoms with van der Waals surface area (Å²) < 4.78 is 11.9. The molecule has 3 heterocycles. The molecule has 4 nitrogen and oxygen atoms in total. The van der Waals surface area contributed by atoms with E-state index in [2.05, 4.69) is 5.38 Å². The van der Waals surface area contributed by atoms with Gasteiger partial charge in [0.15, 0.2) is 0 Å². The van der Waals surface area contributed by atoms with Crippen molar-refractivity contribution in [2.75, 3.05) is 26.8 Å². The van der Waals surface area contributed by atoms with Crippen molar-refractivity contribution in [3.8, 4) is 0 Å². The largest absolute Gasteiger partial charge is 0.378 e. The Morgan fingerprint density at radius 1 is 1.29 bits per heavy atom. The van der Waals surface area contributed by atoms with Crippen LogP contribution >= 0.6 is 11.3 Å². The van der Waals surface area contributed by atoms with Crippen LogP contribution in [0.4, 0.5) is 0 Å². The molecule has 0 bridgehead atoms. The summed E-state index contributed by atoms with van der Waals surface area (Å²) in [4.78, 5) is 16.1. The zero-order chi connectivity index (χ0) is 16.6. The van der Waals surface area contributed by atoms with Crippen LogP contribution in [0, 0.1) is 0 Å². The predicted molar refractivity (Wildman–Crippen MR) is 94.8 cm³/mol. The van der Waals surface area contributed by atoms with Crippen LogP contribution in [-0.2, 0) is 22.3 Å². The summed E-state index contributed by atoms with van der Waals surface area (Å²) in [6, 6.07) is 0. The van der Waals surface area contributed by atoms with Crippen molar-refractivity contribution in [3.63, 3.8) is 0 Å². The zero-order valence-corrected chi connectivity index (χ0v) is 15.3. The second-order valence-electron chi connectivity index (χ2n) is 7.35. The number of hydrogen-bond donors (Lipinski definition) is 0. The second-order valence-corrected chi connectivity index (χ2v) is 8.23. The normalized spacial score (nSPS) is 26.4. The van der Waals surface area contributed by atoms with Gasteiger partial charge in [-0.25, -0.2) is 0 Å². The standard InChI is InChI=1S/C19H27NO3S/c1-22-16-7-4-12-23-19(16)8-10-20(11-9-19)18(21)17-15-6-3-2-5-14(15)13-24-17/h13,16H,2-12H2,1H3/t16-/m1/s1. The number of likely N-dealkylation sites (tertiary alicyclic amines) is 1. The van der Waals surface area contributed by atoms with Gasteiger partial charge in [-0.2, -0.15) is 0 Å². The van der Waals surface area contributed by atoms with E-state index in [1.54, 1.807) is 18.4 Å². The van der Waals surface area contributed by atoms with Gasteiger partial charge in [0.2, 0.25) is 0 Å². The van der Waals surface area contributed by atoms with Crippen molar-refractivity contribution in [2.45, 2.75) is 63.1 Å². The molecule has 2 saturated heterocycles. The number of thiophene rings is 1. The number of rotatable bonds is 2. The Hall–Kier alpha value is -0.910. The highest BCUT2D eigenvalue weighted by molar-refractivity contribution is 7.12. The van der Waals surface area contributed by atoms with E-state index in [0.29, 0.717) is 0 Å². The minimum absolute atomic E-state index is 0.168. The number of piperidine rings is 1. The van der Waals surface area contributed by atoms with E-state index >= 15 is 0 Å². The molecule has 1 aromatic heterocycles. The second kappa shape index (κ2) is 6.77. The van der Waals surface area contributed by atoms with Crippen molar-refractivity contribution in [3.05, 3.63) is 21.4 Å². The summed E-state index contributed by atoms with van der Waals surface area (Å²) in [5, 5.41) is 2.21. The van der Waals surface area contributed by atoms with Gasteiger partial charge in [-0.05, 0) is 67.9 Å². The van der Waals surface area contributed by atoms with E-state index in [9.17, 15) is 4.79 Å². The number of hydrogen-bond acceptors (Lipinski definition) is 4. The number of carbonyl (C=O) groups is 1. The maximum Gasteiger partial charge on any atom is 0.264 e. The van der Waals surface area contributed by atoms with Crippen LogP contribution in [0.3, 0.4) is 0 Å². The Balaban J connectivity index is 1.46. The number of carbonyl (C=O) groups excluding carboxylic acids is 1. The molecule has 132 valence electrons. The van der Waals surface area contributed by atoms with Crippen LogP contribution in [0.1, 0.15) is 59.3 Å². The molecular weight excluding hydrogens is 322 g/mol. The lowest BCUT2D eigenvalue weighted by atomic mass is 9.81. The fourth-order valence-electron chi connectivity index (χ4n) is 4.63. The van der Waals surface area contributed by atoms with Crippen LogP contribution in [-0.4, -0.2) is 49.3 Å². The third kappa shape index (κ3) is 2.80. The van der Waals surface area contributed by atoms with Gasteiger partial charge in [0.1, 0.15) is 0 Å². The number of amides is 1. The molecule has 2 fully saturated rings. The summed E-state index contributed by atoms with van der Waals surface area (Å²) >= 11 is 1.65. The highest BCUT2D eigenvalue weighted by atomic mass is 32.1. The molecule has 0 saturated carbocycles. The zero-order valence-electron chi connectivity index (χ0n) is 14.5. The molecule has 24 heavy (non-hydrogen) atoms. The minimum atomic E-state index is -0.168. The predicted octanol–water partition coefficient (Wildman–Crippen LogP) is 3.43. The summed E-state index contributed by atoms with van der Waals surface area (Å²) in [6.45, 7) is 2.39. The van der Waals surface area contributed by atoms with Crippen molar-refractivity contribution in [1.29, 1.82) is 0 Å². The molecule has 1 amide bonds. The van der Waals surface area contributed by atoms with Gasteiger partial charge < -0.3 is 14.4 Å². The van der Waals surface area contributed by atoms with Crippen molar-refractivity contribution in [2.24, 2.45) is 0 Å². The number of ether oxygens (including phenoxy) is 2. The number of fused-ring (bicyclic) bond motifs is 1. The first-order chi connectivity index (χ1) is 11.7. The molecule has 0 radical (unpaired) electrons. The molecule has 1 atom stereocenters. The Morgan fingerprint density at radius 2 is 2.08 bits per heavy atom.